The lowest BCUT2D eigenvalue weighted by Gasteiger charge is -2.39. The first-order chi connectivity index (χ1) is 17.0. The van der Waals surface area contributed by atoms with E-state index in [2.05, 4.69) is 42.6 Å². The Morgan fingerprint density at radius 2 is 1.80 bits per heavy atom. The number of halogens is 2. The number of aromatic nitrogens is 4. The van der Waals surface area contributed by atoms with E-state index < -0.39 is 0 Å². The average molecular weight is 498 g/mol. The van der Waals surface area contributed by atoms with Gasteiger partial charge in [0.25, 0.3) is 0 Å². The zero-order valence-corrected chi connectivity index (χ0v) is 21.1. The molecule has 35 heavy (non-hydrogen) atoms. The van der Waals surface area contributed by atoms with Gasteiger partial charge < -0.3 is 15.5 Å². The Kier molecular flexibility index (Phi) is 7.20. The summed E-state index contributed by atoms with van der Waals surface area (Å²) in [6.45, 7) is 6.46. The van der Waals surface area contributed by atoms with Crippen molar-refractivity contribution in [2.45, 2.75) is 70.8 Å². The Labute approximate surface area is 210 Å². The number of piperidine rings is 1. The molecule has 3 N–H and O–H groups in total. The quantitative estimate of drug-likeness (QED) is 0.355. The second kappa shape index (κ2) is 10.5. The molecule has 0 radical (unpaired) electrons. The fourth-order valence-electron chi connectivity index (χ4n) is 5.51. The molecule has 1 aliphatic heterocycles. The third-order valence-corrected chi connectivity index (χ3v) is 7.62. The van der Waals surface area contributed by atoms with Crippen molar-refractivity contribution in [3.63, 3.8) is 0 Å². The number of likely N-dealkylation sites (tertiary alicyclic amines) is 1. The molecule has 3 aromatic rings. The van der Waals surface area contributed by atoms with Crippen molar-refractivity contribution in [3.8, 4) is 0 Å². The molecule has 0 amide bonds. The Hall–Kier alpha value is -2.71. The van der Waals surface area contributed by atoms with Gasteiger partial charge in [-0.15, -0.1) is 0 Å². The molecule has 0 unspecified atom stereocenters. The normalized spacial score (nSPS) is 21.1. The van der Waals surface area contributed by atoms with Gasteiger partial charge in [0.1, 0.15) is 10.8 Å². The fourth-order valence-corrected chi connectivity index (χ4v) is 5.65. The maximum Gasteiger partial charge on any atom is 0.229 e. The predicted molar refractivity (Wildman–Crippen MR) is 138 cm³/mol. The highest BCUT2D eigenvalue weighted by Crippen LogP contribution is 2.38. The van der Waals surface area contributed by atoms with Crippen LogP contribution in [0.5, 0.6) is 0 Å². The summed E-state index contributed by atoms with van der Waals surface area (Å²) in [5, 5.41) is 13.4. The highest BCUT2D eigenvalue weighted by molar-refractivity contribution is 6.32. The minimum Gasteiger partial charge on any atom is -0.322 e. The van der Waals surface area contributed by atoms with Gasteiger partial charge in [-0.2, -0.15) is 10.1 Å². The van der Waals surface area contributed by atoms with Crippen molar-refractivity contribution < 1.29 is 4.39 Å². The van der Waals surface area contributed by atoms with Gasteiger partial charge in [-0.25, -0.2) is 9.37 Å². The minimum atomic E-state index is -0.292. The zero-order chi connectivity index (χ0) is 24.4. The highest BCUT2D eigenvalue weighted by Gasteiger charge is 2.28. The number of aromatic amines is 1. The molecule has 9 heteroatoms. The number of rotatable bonds is 6. The van der Waals surface area contributed by atoms with Gasteiger partial charge in [0, 0.05) is 17.8 Å². The molecular weight excluding hydrogens is 465 g/mol. The van der Waals surface area contributed by atoms with Gasteiger partial charge in [0.15, 0.2) is 11.6 Å². The van der Waals surface area contributed by atoms with E-state index in [1.807, 2.05) is 19.1 Å². The standard InChI is InChI=1S/C26H33ClFN7/c1-16-12-23(30-26-29-15-21(27)25(32-26)31-24-13-17(2)33-34-24)22(28)14-20(16)18-6-8-19(9-7-18)35-10-4-3-5-11-35/h12-15,18-19H,3-11H2,1-2H3,(H3,29,30,31,32,33,34)/t18-,19-. The molecule has 2 fully saturated rings. The Bertz CT molecular complexity index is 1170. The van der Waals surface area contributed by atoms with E-state index in [9.17, 15) is 0 Å². The van der Waals surface area contributed by atoms with Crippen LogP contribution >= 0.6 is 11.6 Å². The summed E-state index contributed by atoms with van der Waals surface area (Å²) in [4.78, 5) is 11.3. The monoisotopic (exact) mass is 497 g/mol. The van der Waals surface area contributed by atoms with Crippen molar-refractivity contribution in [2.24, 2.45) is 0 Å². The van der Waals surface area contributed by atoms with E-state index in [0.29, 0.717) is 34.3 Å². The number of nitrogens with zero attached hydrogens (tertiary/aromatic N) is 4. The fraction of sp³-hybridized carbons (Fsp3) is 0.500. The molecule has 2 aliphatic rings. The molecule has 1 aromatic carbocycles. The molecule has 7 nitrogen and oxygen atoms in total. The molecule has 186 valence electrons. The first kappa shape index (κ1) is 24.0. The van der Waals surface area contributed by atoms with Crippen LogP contribution in [-0.4, -0.2) is 44.2 Å². The van der Waals surface area contributed by atoms with Crippen LogP contribution in [0.1, 0.15) is 67.7 Å². The summed E-state index contributed by atoms with van der Waals surface area (Å²) in [6, 6.07) is 6.11. The SMILES string of the molecule is Cc1cc(Nc2nc(Nc3cc(C)c([C@H]4CC[C@H](N5CCCCC5)CC4)cc3F)ncc2Cl)n[nH]1. The molecule has 1 aliphatic carbocycles. The summed E-state index contributed by atoms with van der Waals surface area (Å²) < 4.78 is 15.2. The van der Waals surface area contributed by atoms with Crippen LogP contribution in [-0.2, 0) is 0 Å². The van der Waals surface area contributed by atoms with Crippen molar-refractivity contribution in [2.75, 3.05) is 23.7 Å². The molecule has 3 heterocycles. The van der Waals surface area contributed by atoms with Crippen molar-refractivity contribution >= 4 is 34.9 Å². The maximum absolute atomic E-state index is 15.2. The largest absolute Gasteiger partial charge is 0.322 e. The Morgan fingerprint density at radius 3 is 2.51 bits per heavy atom. The molecular formula is C26H33ClFN7. The molecule has 5 rings (SSSR count). The number of anilines is 4. The number of H-pyrrole nitrogens is 1. The molecule has 0 spiro atoms. The lowest BCUT2D eigenvalue weighted by Crippen LogP contribution is -2.41. The highest BCUT2D eigenvalue weighted by atomic mass is 35.5. The molecule has 1 saturated carbocycles. The van der Waals surface area contributed by atoms with Gasteiger partial charge in [-0.1, -0.05) is 18.0 Å². The van der Waals surface area contributed by atoms with Crippen molar-refractivity contribution in [1.29, 1.82) is 0 Å². The second-order valence-electron chi connectivity index (χ2n) is 9.87. The van der Waals surface area contributed by atoms with Crippen LogP contribution in [0.2, 0.25) is 5.02 Å². The van der Waals surface area contributed by atoms with E-state index in [0.717, 1.165) is 29.7 Å². The van der Waals surface area contributed by atoms with Crippen LogP contribution in [0, 0.1) is 19.7 Å². The Morgan fingerprint density at radius 1 is 1.03 bits per heavy atom. The average Bonchev–Trinajstić information content (AvgIpc) is 3.28. The third-order valence-electron chi connectivity index (χ3n) is 7.34. The minimum absolute atomic E-state index is 0.261. The van der Waals surface area contributed by atoms with Gasteiger partial charge >= 0.3 is 0 Å². The Balaban J connectivity index is 1.26. The lowest BCUT2D eigenvalue weighted by molar-refractivity contribution is 0.125. The van der Waals surface area contributed by atoms with Crippen LogP contribution in [0.3, 0.4) is 0 Å². The lowest BCUT2D eigenvalue weighted by atomic mass is 9.79. The van der Waals surface area contributed by atoms with Crippen molar-refractivity contribution in [1.82, 2.24) is 25.1 Å². The summed E-state index contributed by atoms with van der Waals surface area (Å²) in [5.74, 6) is 1.38. The van der Waals surface area contributed by atoms with Crippen LogP contribution < -0.4 is 10.6 Å². The molecule has 1 saturated heterocycles. The van der Waals surface area contributed by atoms with E-state index in [4.69, 9.17) is 11.6 Å². The van der Waals surface area contributed by atoms with Gasteiger partial charge in [-0.3, -0.25) is 5.10 Å². The summed E-state index contributed by atoms with van der Waals surface area (Å²) >= 11 is 6.25. The van der Waals surface area contributed by atoms with Gasteiger partial charge in [-0.05, 0) is 94.6 Å². The summed E-state index contributed by atoms with van der Waals surface area (Å²) in [5.41, 5.74) is 3.49. The van der Waals surface area contributed by atoms with Gasteiger partial charge in [0.05, 0.1) is 11.9 Å². The topological polar surface area (TPSA) is 81.8 Å². The number of hydrogen-bond acceptors (Lipinski definition) is 6. The number of aryl methyl sites for hydroxylation is 2. The molecule has 0 atom stereocenters. The third kappa shape index (κ3) is 5.59. The predicted octanol–water partition coefficient (Wildman–Crippen LogP) is 6.61. The zero-order valence-electron chi connectivity index (χ0n) is 20.4. The van der Waals surface area contributed by atoms with Crippen LogP contribution in [0.25, 0.3) is 0 Å². The first-order valence-corrected chi connectivity index (χ1v) is 13.0. The van der Waals surface area contributed by atoms with E-state index in [1.165, 1.54) is 51.4 Å². The van der Waals surface area contributed by atoms with Gasteiger partial charge in [0.2, 0.25) is 5.95 Å². The molecule has 2 aromatic heterocycles. The molecule has 0 bridgehead atoms. The summed E-state index contributed by atoms with van der Waals surface area (Å²) in [7, 11) is 0. The summed E-state index contributed by atoms with van der Waals surface area (Å²) in [6.07, 6.45) is 10.2. The van der Waals surface area contributed by atoms with Crippen LogP contribution in [0.15, 0.2) is 24.4 Å². The van der Waals surface area contributed by atoms with Crippen molar-refractivity contribution in [3.05, 3.63) is 52.1 Å². The number of nitrogens with one attached hydrogen (secondary N) is 3. The smallest absolute Gasteiger partial charge is 0.229 e. The van der Waals surface area contributed by atoms with E-state index in [-0.39, 0.29) is 11.8 Å². The van der Waals surface area contributed by atoms with Crippen LogP contribution in [0.4, 0.5) is 27.7 Å². The number of hydrogen-bond donors (Lipinski definition) is 3. The van der Waals surface area contributed by atoms with E-state index >= 15 is 4.39 Å². The first-order valence-electron chi connectivity index (χ1n) is 12.6. The van der Waals surface area contributed by atoms with E-state index in [1.54, 1.807) is 6.07 Å². The second-order valence-corrected chi connectivity index (χ2v) is 10.3. The number of benzene rings is 1. The maximum atomic E-state index is 15.2.